The highest BCUT2D eigenvalue weighted by Crippen LogP contribution is 2.48. The van der Waals surface area contributed by atoms with Gasteiger partial charge in [-0.3, -0.25) is 9.88 Å². The lowest BCUT2D eigenvalue weighted by molar-refractivity contribution is 0.169. The van der Waals surface area contributed by atoms with E-state index < -0.39 is 0 Å². The summed E-state index contributed by atoms with van der Waals surface area (Å²) in [6, 6.07) is 26.4. The van der Waals surface area contributed by atoms with Crippen LogP contribution in [0.25, 0.3) is 22.3 Å². The van der Waals surface area contributed by atoms with Gasteiger partial charge in [0.25, 0.3) is 0 Å². The lowest BCUT2D eigenvalue weighted by Crippen LogP contribution is -2.35. The standard InChI is InChI=1S/C35H36N2O3/c1-23-15-17-37(21-23)24(2)22-39-31-12-9-26(10-13-31)35-34(28-6-4-8-30(38)18-28)25(3)32-14-11-27(19-33(32)40-35)29-7-5-16-36-20-29/h4-14,16,18-20,23-24,35,38H,15,17,21-22H2,1-3H3/t23-,24+,35?/m1/s1. The van der Waals surface area contributed by atoms with Crippen molar-refractivity contribution in [2.24, 2.45) is 5.92 Å². The number of aromatic hydroxyl groups is 1. The van der Waals surface area contributed by atoms with Gasteiger partial charge in [0.05, 0.1) is 0 Å². The largest absolute Gasteiger partial charge is 0.508 e. The van der Waals surface area contributed by atoms with Crippen LogP contribution < -0.4 is 9.47 Å². The number of allylic oxidation sites excluding steroid dienone is 1. The van der Waals surface area contributed by atoms with Crippen molar-refractivity contribution >= 4 is 11.1 Å². The number of nitrogens with zero attached hydrogens (tertiary/aromatic N) is 2. The van der Waals surface area contributed by atoms with E-state index >= 15 is 0 Å². The zero-order valence-corrected chi connectivity index (χ0v) is 23.4. The van der Waals surface area contributed by atoms with Gasteiger partial charge >= 0.3 is 0 Å². The first-order chi connectivity index (χ1) is 19.5. The van der Waals surface area contributed by atoms with Crippen LogP contribution in [0.4, 0.5) is 0 Å². The number of likely N-dealkylation sites (tertiary alicyclic amines) is 1. The van der Waals surface area contributed by atoms with Crippen molar-refractivity contribution in [2.75, 3.05) is 19.7 Å². The van der Waals surface area contributed by atoms with Gasteiger partial charge in [0.15, 0.2) is 0 Å². The fourth-order valence-electron chi connectivity index (χ4n) is 5.88. The molecule has 5 nitrogen and oxygen atoms in total. The maximum atomic E-state index is 10.3. The molecule has 3 atom stereocenters. The maximum Gasteiger partial charge on any atom is 0.150 e. The van der Waals surface area contributed by atoms with E-state index in [2.05, 4.69) is 67.1 Å². The van der Waals surface area contributed by atoms with E-state index in [1.165, 1.54) is 6.42 Å². The molecule has 4 aromatic rings. The fraction of sp³-hybridized carbons (Fsp3) is 0.286. The molecule has 1 saturated heterocycles. The Morgan fingerprint density at radius 2 is 1.82 bits per heavy atom. The molecule has 1 unspecified atom stereocenters. The molecule has 3 aromatic carbocycles. The Morgan fingerprint density at radius 3 is 2.55 bits per heavy atom. The highest BCUT2D eigenvalue weighted by Gasteiger charge is 2.30. The second-order valence-electron chi connectivity index (χ2n) is 11.2. The highest BCUT2D eigenvalue weighted by atomic mass is 16.5. The summed E-state index contributed by atoms with van der Waals surface area (Å²) in [7, 11) is 0. The second kappa shape index (κ2) is 11.2. The second-order valence-corrected chi connectivity index (χ2v) is 11.2. The van der Waals surface area contributed by atoms with E-state index in [1.807, 2.05) is 42.6 Å². The summed E-state index contributed by atoms with van der Waals surface area (Å²) in [6.45, 7) is 9.67. The molecule has 0 spiro atoms. The van der Waals surface area contributed by atoms with Gasteiger partial charge < -0.3 is 14.6 Å². The van der Waals surface area contributed by atoms with Crippen LogP contribution in [0, 0.1) is 5.92 Å². The van der Waals surface area contributed by atoms with Crippen molar-refractivity contribution in [1.29, 1.82) is 0 Å². The average Bonchev–Trinajstić information content (AvgIpc) is 3.42. The highest BCUT2D eigenvalue weighted by molar-refractivity contribution is 5.96. The number of aromatic nitrogens is 1. The zero-order valence-electron chi connectivity index (χ0n) is 23.4. The molecule has 204 valence electrons. The van der Waals surface area contributed by atoms with Crippen molar-refractivity contribution < 1.29 is 14.6 Å². The third-order valence-corrected chi connectivity index (χ3v) is 8.20. The molecule has 40 heavy (non-hydrogen) atoms. The summed E-state index contributed by atoms with van der Waals surface area (Å²) in [5, 5.41) is 10.3. The molecule has 2 aliphatic rings. The molecular weight excluding hydrogens is 496 g/mol. The average molecular weight is 533 g/mol. The van der Waals surface area contributed by atoms with Gasteiger partial charge in [0, 0.05) is 41.7 Å². The quantitative estimate of drug-likeness (QED) is 0.265. The molecular formula is C35H36N2O3. The van der Waals surface area contributed by atoms with E-state index in [4.69, 9.17) is 9.47 Å². The Labute approximate surface area is 236 Å². The number of phenolic OH excluding ortho intramolecular Hbond substituents is 1. The normalized spacial score (nSPS) is 19.7. The van der Waals surface area contributed by atoms with Gasteiger partial charge in [0.1, 0.15) is 30.0 Å². The SMILES string of the molecule is CC1=C(c2cccc(O)c2)C(c2ccc(OC[C@H](C)N3CC[C@@H](C)C3)cc2)Oc2cc(-c3cccnc3)ccc21. The van der Waals surface area contributed by atoms with E-state index in [0.29, 0.717) is 12.6 Å². The first-order valence-corrected chi connectivity index (χ1v) is 14.1. The van der Waals surface area contributed by atoms with Crippen molar-refractivity contribution in [1.82, 2.24) is 9.88 Å². The predicted octanol–water partition coefficient (Wildman–Crippen LogP) is 7.63. The smallest absolute Gasteiger partial charge is 0.150 e. The van der Waals surface area contributed by atoms with Crippen LogP contribution in [0.1, 0.15) is 50.0 Å². The van der Waals surface area contributed by atoms with Gasteiger partial charge in [-0.25, -0.2) is 0 Å². The number of rotatable bonds is 7. The Balaban J connectivity index is 1.30. The van der Waals surface area contributed by atoms with Gasteiger partial charge in [-0.15, -0.1) is 0 Å². The van der Waals surface area contributed by atoms with Crippen LogP contribution in [-0.4, -0.2) is 40.7 Å². The van der Waals surface area contributed by atoms with Crippen molar-refractivity contribution in [3.8, 4) is 28.4 Å². The minimum atomic E-state index is -0.336. The summed E-state index contributed by atoms with van der Waals surface area (Å²) >= 11 is 0. The Morgan fingerprint density at radius 1 is 1.00 bits per heavy atom. The summed E-state index contributed by atoms with van der Waals surface area (Å²) in [5.74, 6) is 2.69. The van der Waals surface area contributed by atoms with Gasteiger partial charge in [-0.2, -0.15) is 0 Å². The lowest BCUT2D eigenvalue weighted by Gasteiger charge is -2.31. The van der Waals surface area contributed by atoms with Crippen LogP contribution in [0.3, 0.4) is 0 Å². The molecule has 3 heterocycles. The number of hydrogen-bond donors (Lipinski definition) is 1. The van der Waals surface area contributed by atoms with Crippen LogP contribution >= 0.6 is 0 Å². The third-order valence-electron chi connectivity index (χ3n) is 8.20. The fourth-order valence-corrected chi connectivity index (χ4v) is 5.88. The van der Waals surface area contributed by atoms with Crippen LogP contribution in [0.2, 0.25) is 0 Å². The first-order valence-electron chi connectivity index (χ1n) is 14.1. The van der Waals surface area contributed by atoms with Crippen molar-refractivity contribution in [2.45, 2.75) is 39.3 Å². The summed E-state index contributed by atoms with van der Waals surface area (Å²) in [6.07, 6.45) is 4.58. The summed E-state index contributed by atoms with van der Waals surface area (Å²) < 4.78 is 13.0. The lowest BCUT2D eigenvalue weighted by atomic mass is 9.85. The number of benzene rings is 3. The molecule has 0 radical (unpaired) electrons. The van der Waals surface area contributed by atoms with E-state index in [0.717, 1.165) is 69.5 Å². The number of fused-ring (bicyclic) bond motifs is 1. The van der Waals surface area contributed by atoms with Gasteiger partial charge in [-0.1, -0.05) is 49.4 Å². The number of pyridine rings is 1. The molecule has 0 aliphatic carbocycles. The molecule has 0 amide bonds. The summed E-state index contributed by atoms with van der Waals surface area (Å²) in [4.78, 5) is 6.80. The van der Waals surface area contributed by atoms with Crippen LogP contribution in [0.5, 0.6) is 17.2 Å². The molecule has 6 rings (SSSR count). The minimum Gasteiger partial charge on any atom is -0.508 e. The third kappa shape index (κ3) is 5.34. The minimum absolute atomic E-state index is 0.236. The van der Waals surface area contributed by atoms with E-state index in [1.54, 1.807) is 12.3 Å². The zero-order chi connectivity index (χ0) is 27.6. The number of ether oxygens (including phenoxy) is 2. The Bertz CT molecular complexity index is 1510. The van der Waals surface area contributed by atoms with Crippen LogP contribution in [0.15, 0.2) is 91.3 Å². The van der Waals surface area contributed by atoms with E-state index in [9.17, 15) is 5.11 Å². The topological polar surface area (TPSA) is 54.8 Å². The molecule has 1 fully saturated rings. The molecule has 1 N–H and O–H groups in total. The number of phenols is 1. The molecule has 1 aromatic heterocycles. The molecule has 0 bridgehead atoms. The predicted molar refractivity (Wildman–Crippen MR) is 160 cm³/mol. The van der Waals surface area contributed by atoms with Crippen molar-refractivity contribution in [3.63, 3.8) is 0 Å². The summed E-state index contributed by atoms with van der Waals surface area (Å²) in [5.41, 5.74) is 7.30. The van der Waals surface area contributed by atoms with Crippen molar-refractivity contribution in [3.05, 3.63) is 108 Å². The Kier molecular flexibility index (Phi) is 7.31. The first kappa shape index (κ1) is 26.1. The monoisotopic (exact) mass is 532 g/mol. The molecule has 0 saturated carbocycles. The Hall–Kier alpha value is -4.09. The van der Waals surface area contributed by atoms with Gasteiger partial charge in [-0.05, 0) is 91.4 Å². The van der Waals surface area contributed by atoms with Gasteiger partial charge in [0.2, 0.25) is 0 Å². The van der Waals surface area contributed by atoms with E-state index in [-0.39, 0.29) is 11.9 Å². The van der Waals surface area contributed by atoms with Crippen LogP contribution in [-0.2, 0) is 0 Å². The molecule has 5 heteroatoms. The number of hydrogen-bond acceptors (Lipinski definition) is 5. The maximum absolute atomic E-state index is 10.3. The molecule has 2 aliphatic heterocycles.